The molecule has 39 heavy (non-hydrogen) atoms. The van der Waals surface area contributed by atoms with Crippen molar-refractivity contribution in [1.29, 1.82) is 0 Å². The van der Waals surface area contributed by atoms with Crippen LogP contribution in [0.3, 0.4) is 0 Å². The van der Waals surface area contributed by atoms with Crippen molar-refractivity contribution in [2.75, 3.05) is 21.0 Å². The zero-order valence-electron chi connectivity index (χ0n) is 23.1. The maximum absolute atomic E-state index is 7.21. The maximum Gasteiger partial charge on any atom is 0.253 e. The Bertz CT molecular complexity index is 1230. The first kappa shape index (κ1) is 28.5. The quantitative estimate of drug-likeness (QED) is 0.0800. The number of allylic oxidation sites excluding steroid dienone is 1. The second-order valence-electron chi connectivity index (χ2n) is 9.63. The van der Waals surface area contributed by atoms with E-state index in [2.05, 4.69) is 116 Å². The van der Waals surface area contributed by atoms with Gasteiger partial charge in [0.05, 0.1) is 19.8 Å². The molecular weight excluding hydrogens is 500 g/mol. The van der Waals surface area contributed by atoms with Crippen LogP contribution in [0.1, 0.15) is 29.2 Å². The van der Waals surface area contributed by atoms with E-state index in [1.807, 2.05) is 12.1 Å². The van der Waals surface area contributed by atoms with Gasteiger partial charge in [-0.2, -0.15) is 0 Å². The van der Waals surface area contributed by atoms with Crippen LogP contribution < -0.4 is 15.1 Å². The summed E-state index contributed by atoms with van der Waals surface area (Å²) in [6.07, 6.45) is 6.03. The number of benzene rings is 4. The molecule has 0 spiro atoms. The highest BCUT2D eigenvalue weighted by Gasteiger charge is 2.36. The third-order valence-electron chi connectivity index (χ3n) is 6.88. The van der Waals surface area contributed by atoms with Crippen molar-refractivity contribution in [3.8, 4) is 5.75 Å². The fourth-order valence-corrected chi connectivity index (χ4v) is 7.69. The summed E-state index contributed by atoms with van der Waals surface area (Å²) in [7, 11) is 0.825. The molecule has 0 aliphatic carbocycles. The highest BCUT2D eigenvalue weighted by Crippen LogP contribution is 2.28. The van der Waals surface area contributed by atoms with E-state index in [9.17, 15) is 0 Å². The smallest absolute Gasteiger partial charge is 0.253 e. The standard InChI is InChI=1S/C34H38O4Si/c1-35-27-37-26-29-20-18-28(19-21-29)12-10-11-17-34(30-22-24-31(36-2)25-23-30)38-39(3,32-13-6-4-7-14-32)33-15-8-5-9-16-33/h4-11,13-16,18-25,34H,12,17,26-27H2,1-3H3/b11-10+. The minimum atomic E-state index is -2.50. The zero-order chi connectivity index (χ0) is 27.3. The SMILES string of the molecule is COCOCc1ccc(C/C=C/CC(O[Si](C)(c2ccccc2)c2ccccc2)c2ccc(OC)cc2)cc1. The fraction of sp³-hybridized carbons (Fsp3) is 0.235. The van der Waals surface area contributed by atoms with Gasteiger partial charge < -0.3 is 18.6 Å². The van der Waals surface area contributed by atoms with E-state index in [4.69, 9.17) is 18.6 Å². The van der Waals surface area contributed by atoms with Crippen LogP contribution in [-0.2, 0) is 26.9 Å². The molecule has 0 aromatic heterocycles. The molecule has 0 bridgehead atoms. The van der Waals surface area contributed by atoms with Crippen LogP contribution in [0.25, 0.3) is 0 Å². The van der Waals surface area contributed by atoms with Gasteiger partial charge in [-0.1, -0.05) is 109 Å². The molecule has 0 heterocycles. The second-order valence-corrected chi connectivity index (χ2v) is 13.1. The third-order valence-corrected chi connectivity index (χ3v) is 10.5. The summed E-state index contributed by atoms with van der Waals surface area (Å²) in [6, 6.07) is 38.1. The lowest BCUT2D eigenvalue weighted by Gasteiger charge is -2.33. The van der Waals surface area contributed by atoms with E-state index < -0.39 is 8.32 Å². The minimum absolute atomic E-state index is 0.0930. The number of hydrogen-bond donors (Lipinski definition) is 0. The topological polar surface area (TPSA) is 36.9 Å². The molecule has 0 aliphatic heterocycles. The van der Waals surface area contributed by atoms with Gasteiger partial charge in [0.1, 0.15) is 12.5 Å². The largest absolute Gasteiger partial charge is 0.497 e. The van der Waals surface area contributed by atoms with Crippen molar-refractivity contribution in [2.45, 2.75) is 32.1 Å². The summed E-state index contributed by atoms with van der Waals surface area (Å²) in [6.45, 7) is 3.16. The van der Waals surface area contributed by atoms with Gasteiger partial charge in [0.15, 0.2) is 0 Å². The number of ether oxygens (including phenoxy) is 3. The average molecular weight is 539 g/mol. The Morgan fingerprint density at radius 3 is 1.85 bits per heavy atom. The van der Waals surface area contributed by atoms with Crippen LogP contribution in [0, 0.1) is 0 Å². The van der Waals surface area contributed by atoms with Crippen molar-refractivity contribution >= 4 is 18.7 Å². The summed E-state index contributed by atoms with van der Waals surface area (Å²) in [5.74, 6) is 0.843. The molecule has 4 aromatic carbocycles. The van der Waals surface area contributed by atoms with Gasteiger partial charge in [-0.15, -0.1) is 0 Å². The van der Waals surface area contributed by atoms with E-state index in [0.717, 1.165) is 29.7 Å². The van der Waals surface area contributed by atoms with Crippen molar-refractivity contribution in [1.82, 2.24) is 0 Å². The van der Waals surface area contributed by atoms with Crippen molar-refractivity contribution in [2.24, 2.45) is 0 Å². The molecule has 4 aromatic rings. The minimum Gasteiger partial charge on any atom is -0.497 e. The van der Waals surface area contributed by atoms with Gasteiger partial charge in [-0.3, -0.25) is 0 Å². The first-order chi connectivity index (χ1) is 19.1. The van der Waals surface area contributed by atoms with Crippen LogP contribution in [-0.4, -0.2) is 29.3 Å². The predicted octanol–water partition coefficient (Wildman–Crippen LogP) is 6.45. The molecular formula is C34H38O4Si. The van der Waals surface area contributed by atoms with E-state index in [1.54, 1.807) is 14.2 Å². The molecule has 0 saturated carbocycles. The Kier molecular flexibility index (Phi) is 10.7. The van der Waals surface area contributed by atoms with Gasteiger partial charge in [0, 0.05) is 7.11 Å². The molecule has 202 valence electrons. The van der Waals surface area contributed by atoms with Crippen LogP contribution >= 0.6 is 0 Å². The molecule has 0 fully saturated rings. The van der Waals surface area contributed by atoms with Gasteiger partial charge in [-0.05, 0) is 58.6 Å². The molecule has 0 N–H and O–H groups in total. The van der Waals surface area contributed by atoms with Crippen molar-refractivity contribution in [3.63, 3.8) is 0 Å². The number of rotatable bonds is 14. The Hall–Kier alpha value is -3.48. The monoisotopic (exact) mass is 538 g/mol. The van der Waals surface area contributed by atoms with E-state index in [-0.39, 0.29) is 6.10 Å². The Balaban J connectivity index is 1.53. The molecule has 1 atom stereocenters. The lowest BCUT2D eigenvalue weighted by molar-refractivity contribution is -0.0390. The van der Waals surface area contributed by atoms with Crippen LogP contribution in [0.2, 0.25) is 6.55 Å². The molecule has 0 saturated heterocycles. The summed E-state index contributed by atoms with van der Waals surface area (Å²) in [5.41, 5.74) is 3.54. The fourth-order valence-electron chi connectivity index (χ4n) is 4.62. The summed E-state index contributed by atoms with van der Waals surface area (Å²) in [4.78, 5) is 0. The van der Waals surface area contributed by atoms with E-state index in [1.165, 1.54) is 15.9 Å². The van der Waals surface area contributed by atoms with Crippen LogP contribution in [0.5, 0.6) is 5.75 Å². The predicted molar refractivity (Wildman–Crippen MR) is 161 cm³/mol. The van der Waals surface area contributed by atoms with Crippen molar-refractivity contribution in [3.05, 3.63) is 138 Å². The average Bonchev–Trinajstić information content (AvgIpc) is 3.00. The van der Waals surface area contributed by atoms with Crippen molar-refractivity contribution < 1.29 is 18.6 Å². The molecule has 0 amide bonds. The van der Waals surface area contributed by atoms with Crippen LogP contribution in [0.15, 0.2) is 121 Å². The second kappa shape index (κ2) is 14.6. The highest BCUT2D eigenvalue weighted by atomic mass is 28.4. The normalized spacial score (nSPS) is 12.5. The Morgan fingerprint density at radius 2 is 1.28 bits per heavy atom. The van der Waals surface area contributed by atoms with Gasteiger partial charge in [0.25, 0.3) is 8.32 Å². The lowest BCUT2D eigenvalue weighted by atomic mass is 10.0. The van der Waals surface area contributed by atoms with Gasteiger partial charge in [-0.25, -0.2) is 0 Å². The first-order valence-corrected chi connectivity index (χ1v) is 15.8. The molecule has 0 aliphatic rings. The first-order valence-electron chi connectivity index (χ1n) is 13.3. The van der Waals surface area contributed by atoms with E-state index >= 15 is 0 Å². The maximum atomic E-state index is 7.21. The molecule has 0 radical (unpaired) electrons. The van der Waals surface area contributed by atoms with Crippen LogP contribution in [0.4, 0.5) is 0 Å². The Morgan fingerprint density at radius 1 is 0.692 bits per heavy atom. The summed E-state index contributed by atoms with van der Waals surface area (Å²) in [5, 5.41) is 2.52. The zero-order valence-corrected chi connectivity index (χ0v) is 24.1. The molecule has 4 nitrogen and oxygen atoms in total. The molecule has 1 unspecified atom stereocenters. The Labute approximate surface area is 234 Å². The number of hydrogen-bond acceptors (Lipinski definition) is 4. The third kappa shape index (κ3) is 8.01. The highest BCUT2D eigenvalue weighted by molar-refractivity contribution is 6.96. The van der Waals surface area contributed by atoms with Gasteiger partial charge in [0.2, 0.25) is 0 Å². The van der Waals surface area contributed by atoms with E-state index in [0.29, 0.717) is 13.4 Å². The number of methoxy groups -OCH3 is 2. The lowest BCUT2D eigenvalue weighted by Crippen LogP contribution is -2.58. The molecule has 5 heteroatoms. The van der Waals surface area contributed by atoms with Gasteiger partial charge >= 0.3 is 0 Å². The summed E-state index contributed by atoms with van der Waals surface area (Å²) >= 11 is 0. The summed E-state index contributed by atoms with van der Waals surface area (Å²) < 4.78 is 23.0. The molecule has 4 rings (SSSR count).